The Hall–Kier alpha value is -0.720. The molecule has 2 rings (SSSR count). The second kappa shape index (κ2) is 3.34. The molecule has 0 aromatic carbocycles. The lowest BCUT2D eigenvalue weighted by Crippen LogP contribution is -2.34. The fourth-order valence-electron chi connectivity index (χ4n) is 1.11. The van der Waals surface area contributed by atoms with Crippen molar-refractivity contribution in [2.24, 2.45) is 0 Å². The average Bonchev–Trinajstić information content (AvgIpc) is 2.54. The van der Waals surface area contributed by atoms with Crippen LogP contribution in [0, 0.1) is 4.84 Å². The van der Waals surface area contributed by atoms with E-state index in [-0.39, 0.29) is 6.04 Å². The average molecular weight is 187 g/mol. The number of nitrogens with one attached hydrogen (secondary N) is 2. The summed E-state index contributed by atoms with van der Waals surface area (Å²) in [6, 6.07) is 0.0340. The van der Waals surface area contributed by atoms with Crippen molar-refractivity contribution in [3.63, 3.8) is 0 Å². The first-order valence-corrected chi connectivity index (χ1v) is 4.13. The van der Waals surface area contributed by atoms with Crippen molar-refractivity contribution in [3.05, 3.63) is 10.7 Å². The maximum Gasteiger partial charge on any atom is 0.284 e. The van der Waals surface area contributed by atoms with Gasteiger partial charge in [0, 0.05) is 6.54 Å². The molecule has 1 fully saturated rings. The van der Waals surface area contributed by atoms with Crippen LogP contribution in [0.2, 0.25) is 0 Å². The molecule has 1 aliphatic rings. The first-order valence-electron chi connectivity index (χ1n) is 3.73. The topological polar surface area (TPSA) is 63.1 Å². The van der Waals surface area contributed by atoms with Crippen molar-refractivity contribution < 1.29 is 9.15 Å². The van der Waals surface area contributed by atoms with E-state index in [0.29, 0.717) is 17.3 Å². The number of rotatable bonds is 1. The van der Waals surface area contributed by atoms with Crippen LogP contribution in [0.3, 0.4) is 0 Å². The number of hydrogen-bond donors (Lipinski definition) is 2. The van der Waals surface area contributed by atoms with Crippen LogP contribution >= 0.6 is 12.2 Å². The van der Waals surface area contributed by atoms with E-state index in [4.69, 9.17) is 21.4 Å². The van der Waals surface area contributed by atoms with E-state index in [1.54, 1.807) is 0 Å². The summed E-state index contributed by atoms with van der Waals surface area (Å²) < 4.78 is 10.4. The van der Waals surface area contributed by atoms with Crippen LogP contribution in [-0.4, -0.2) is 30.0 Å². The van der Waals surface area contributed by atoms with Gasteiger partial charge in [-0.3, -0.25) is 0 Å². The predicted octanol–water partition coefficient (Wildman–Crippen LogP) is 0.393. The van der Waals surface area contributed by atoms with Gasteiger partial charge in [-0.15, -0.1) is 5.10 Å². The van der Waals surface area contributed by atoms with Gasteiger partial charge in [0.2, 0.25) is 5.89 Å². The molecule has 1 aromatic heterocycles. The van der Waals surface area contributed by atoms with Gasteiger partial charge in [-0.2, -0.15) is 0 Å². The van der Waals surface area contributed by atoms with E-state index in [2.05, 4.69) is 15.5 Å². The van der Waals surface area contributed by atoms with Crippen molar-refractivity contribution in [3.8, 4) is 0 Å². The molecule has 0 aliphatic carbocycles. The van der Waals surface area contributed by atoms with Crippen molar-refractivity contribution in [1.29, 1.82) is 0 Å². The molecule has 2 heterocycles. The predicted molar refractivity (Wildman–Crippen MR) is 43.3 cm³/mol. The first-order chi connectivity index (χ1) is 5.86. The molecule has 1 aliphatic heterocycles. The van der Waals surface area contributed by atoms with Crippen LogP contribution in [0.4, 0.5) is 0 Å². The number of nitrogens with zero attached hydrogens (tertiary/aromatic N) is 1. The van der Waals surface area contributed by atoms with Crippen LogP contribution in [0.15, 0.2) is 4.42 Å². The smallest absolute Gasteiger partial charge is 0.284 e. The van der Waals surface area contributed by atoms with Crippen molar-refractivity contribution >= 4 is 12.2 Å². The Balaban J connectivity index is 2.13. The highest BCUT2D eigenvalue weighted by Crippen LogP contribution is 2.12. The Labute approximate surface area is 74.1 Å². The molecule has 0 amide bonds. The highest BCUT2D eigenvalue weighted by molar-refractivity contribution is 7.71. The lowest BCUT2D eigenvalue weighted by molar-refractivity contribution is 0.0679. The molecule has 0 radical (unpaired) electrons. The fourth-order valence-corrected chi connectivity index (χ4v) is 1.25. The monoisotopic (exact) mass is 187 g/mol. The number of hydrogen-bond acceptors (Lipinski definition) is 5. The van der Waals surface area contributed by atoms with Gasteiger partial charge in [-0.25, -0.2) is 5.10 Å². The summed E-state index contributed by atoms with van der Waals surface area (Å²) in [7, 11) is 0. The van der Waals surface area contributed by atoms with Crippen molar-refractivity contribution in [1.82, 2.24) is 15.5 Å². The molecule has 6 heteroatoms. The summed E-state index contributed by atoms with van der Waals surface area (Å²) >= 11 is 4.75. The Morgan fingerprint density at radius 1 is 1.58 bits per heavy atom. The molecule has 1 unspecified atom stereocenters. The maximum absolute atomic E-state index is 5.24. The Bertz CT molecular complexity index is 302. The Morgan fingerprint density at radius 2 is 2.50 bits per heavy atom. The first kappa shape index (κ1) is 7.90. The van der Waals surface area contributed by atoms with Crippen LogP contribution in [0.25, 0.3) is 0 Å². The number of morpholine rings is 1. The lowest BCUT2D eigenvalue weighted by Gasteiger charge is -2.20. The second-order valence-corrected chi connectivity index (χ2v) is 2.90. The van der Waals surface area contributed by atoms with E-state index >= 15 is 0 Å². The summed E-state index contributed by atoms with van der Waals surface area (Å²) in [5, 5.41) is 9.67. The summed E-state index contributed by atoms with van der Waals surface area (Å²) in [5.74, 6) is 0.569. The van der Waals surface area contributed by atoms with E-state index in [0.717, 1.165) is 13.2 Å². The third-order valence-corrected chi connectivity index (χ3v) is 1.85. The summed E-state index contributed by atoms with van der Waals surface area (Å²) in [6.07, 6.45) is 0. The lowest BCUT2D eigenvalue weighted by atomic mass is 10.3. The van der Waals surface area contributed by atoms with Crippen LogP contribution in [-0.2, 0) is 4.74 Å². The molecule has 12 heavy (non-hydrogen) atoms. The highest BCUT2D eigenvalue weighted by Gasteiger charge is 2.19. The van der Waals surface area contributed by atoms with Gasteiger partial charge in [0.1, 0.15) is 6.04 Å². The van der Waals surface area contributed by atoms with Gasteiger partial charge < -0.3 is 14.5 Å². The zero-order valence-corrected chi connectivity index (χ0v) is 7.19. The van der Waals surface area contributed by atoms with E-state index in [1.165, 1.54) is 0 Å². The quantitative estimate of drug-likeness (QED) is 0.623. The molecular weight excluding hydrogens is 178 g/mol. The normalized spacial score (nSPS) is 24.2. The maximum atomic E-state index is 5.24. The van der Waals surface area contributed by atoms with Crippen molar-refractivity contribution in [2.75, 3.05) is 19.8 Å². The Kier molecular flexibility index (Phi) is 2.20. The van der Waals surface area contributed by atoms with E-state index < -0.39 is 0 Å². The van der Waals surface area contributed by atoms with Gasteiger partial charge in [0.25, 0.3) is 4.84 Å². The summed E-state index contributed by atoms with van der Waals surface area (Å²) in [6.45, 7) is 2.14. The minimum absolute atomic E-state index is 0.0340. The van der Waals surface area contributed by atoms with Gasteiger partial charge in [0.15, 0.2) is 0 Å². The second-order valence-electron chi connectivity index (χ2n) is 2.53. The molecule has 66 valence electrons. The molecule has 0 bridgehead atoms. The molecule has 1 atom stereocenters. The zero-order valence-electron chi connectivity index (χ0n) is 6.37. The van der Waals surface area contributed by atoms with Gasteiger partial charge in [-0.1, -0.05) is 0 Å². The van der Waals surface area contributed by atoms with Gasteiger partial charge >= 0.3 is 0 Å². The van der Waals surface area contributed by atoms with E-state index in [9.17, 15) is 0 Å². The molecule has 1 saturated heterocycles. The summed E-state index contributed by atoms with van der Waals surface area (Å²) in [5.41, 5.74) is 0. The van der Waals surface area contributed by atoms with Crippen LogP contribution in [0.1, 0.15) is 11.9 Å². The molecule has 0 spiro atoms. The van der Waals surface area contributed by atoms with Crippen molar-refractivity contribution in [2.45, 2.75) is 6.04 Å². The minimum Gasteiger partial charge on any atom is -0.412 e. The molecular formula is C6H9N3O2S. The third-order valence-electron chi connectivity index (χ3n) is 1.67. The van der Waals surface area contributed by atoms with Crippen LogP contribution < -0.4 is 5.32 Å². The minimum atomic E-state index is 0.0340. The molecule has 5 nitrogen and oxygen atoms in total. The molecule has 0 saturated carbocycles. The highest BCUT2D eigenvalue weighted by atomic mass is 32.1. The molecule has 1 aromatic rings. The number of H-pyrrole nitrogens is 1. The van der Waals surface area contributed by atoms with E-state index in [1.807, 2.05) is 0 Å². The summed E-state index contributed by atoms with van der Waals surface area (Å²) in [4.78, 5) is 0.303. The molecule has 2 N–H and O–H groups in total. The fraction of sp³-hybridized carbons (Fsp3) is 0.667. The Morgan fingerprint density at radius 3 is 3.08 bits per heavy atom. The zero-order chi connectivity index (χ0) is 8.39. The number of aromatic nitrogens is 2. The van der Waals surface area contributed by atoms with Crippen LogP contribution in [0.5, 0.6) is 0 Å². The SMILES string of the molecule is S=c1[nH]nc(C2COCCN2)o1. The number of ether oxygens (including phenoxy) is 1. The van der Waals surface area contributed by atoms with Gasteiger partial charge in [0.05, 0.1) is 13.2 Å². The number of aromatic amines is 1. The standard InChI is InChI=1S/C6H9N3O2S/c12-6-9-8-5(11-6)4-3-10-2-1-7-4/h4,7H,1-3H2,(H,9,12). The third kappa shape index (κ3) is 1.55. The van der Waals surface area contributed by atoms with Gasteiger partial charge in [-0.05, 0) is 12.2 Å². The largest absolute Gasteiger partial charge is 0.412 e.